The highest BCUT2D eigenvalue weighted by molar-refractivity contribution is 7.11. The summed E-state index contributed by atoms with van der Waals surface area (Å²) in [5.74, 6) is -0.250. The highest BCUT2D eigenvalue weighted by atomic mass is 35.5. The molecule has 1 heterocycles. The van der Waals surface area contributed by atoms with Crippen LogP contribution in [-0.4, -0.2) is 11.1 Å². The van der Waals surface area contributed by atoms with Crippen molar-refractivity contribution in [1.29, 1.82) is 0 Å². The van der Waals surface area contributed by atoms with Crippen LogP contribution in [0.1, 0.15) is 60.1 Å². The van der Waals surface area contributed by atoms with Crippen LogP contribution in [0, 0.1) is 25.7 Å². The summed E-state index contributed by atoms with van der Waals surface area (Å²) in [6.07, 6.45) is 8.25. The second-order valence-electron chi connectivity index (χ2n) is 7.65. The minimum absolute atomic E-state index is 0.148. The molecule has 144 valence electrons. The van der Waals surface area contributed by atoms with Crippen molar-refractivity contribution in [3.05, 3.63) is 62.3 Å². The molecular formula is C23H27ClO2S. The minimum Gasteiger partial charge on any atom is -0.481 e. The van der Waals surface area contributed by atoms with Gasteiger partial charge in [-0.05, 0) is 91.3 Å². The Morgan fingerprint density at radius 2 is 2.07 bits per heavy atom. The van der Waals surface area contributed by atoms with Crippen LogP contribution in [0.3, 0.4) is 0 Å². The van der Waals surface area contributed by atoms with Gasteiger partial charge in [-0.2, -0.15) is 0 Å². The van der Waals surface area contributed by atoms with E-state index in [-0.39, 0.29) is 5.92 Å². The van der Waals surface area contributed by atoms with Gasteiger partial charge in [0.2, 0.25) is 0 Å². The fourth-order valence-corrected chi connectivity index (χ4v) is 5.35. The first-order valence-corrected chi connectivity index (χ1v) is 11.0. The van der Waals surface area contributed by atoms with E-state index in [0.717, 1.165) is 43.5 Å². The van der Waals surface area contributed by atoms with Crippen molar-refractivity contribution in [2.24, 2.45) is 11.8 Å². The molecule has 1 aromatic carbocycles. The van der Waals surface area contributed by atoms with E-state index in [9.17, 15) is 9.90 Å². The summed E-state index contributed by atoms with van der Waals surface area (Å²) in [5.41, 5.74) is 4.99. The van der Waals surface area contributed by atoms with Crippen LogP contribution in [0.2, 0.25) is 5.02 Å². The Bertz CT molecular complexity index is 837. The van der Waals surface area contributed by atoms with Gasteiger partial charge in [0.25, 0.3) is 0 Å². The van der Waals surface area contributed by atoms with Crippen LogP contribution < -0.4 is 0 Å². The van der Waals surface area contributed by atoms with Gasteiger partial charge in [0.1, 0.15) is 0 Å². The zero-order valence-corrected chi connectivity index (χ0v) is 17.6. The van der Waals surface area contributed by atoms with E-state index in [0.29, 0.717) is 5.92 Å². The van der Waals surface area contributed by atoms with Crippen LogP contribution in [0.4, 0.5) is 0 Å². The molecule has 1 aliphatic carbocycles. The van der Waals surface area contributed by atoms with Gasteiger partial charge in [-0.15, -0.1) is 11.3 Å². The van der Waals surface area contributed by atoms with E-state index in [4.69, 9.17) is 11.6 Å². The summed E-state index contributed by atoms with van der Waals surface area (Å²) in [6.45, 7) is 4.26. The zero-order valence-electron chi connectivity index (χ0n) is 16.0. The number of thiophene rings is 1. The average molecular weight is 403 g/mol. The molecule has 2 atom stereocenters. The number of halogens is 1. The number of hydrogen-bond acceptors (Lipinski definition) is 2. The zero-order chi connectivity index (χ0) is 19.4. The molecule has 2 nitrogen and oxygen atoms in total. The first kappa shape index (κ1) is 20.2. The number of carbonyl (C=O) groups is 1. The maximum absolute atomic E-state index is 11.3. The highest BCUT2D eigenvalue weighted by Crippen LogP contribution is 2.36. The molecule has 3 rings (SSSR count). The summed E-state index contributed by atoms with van der Waals surface area (Å²) in [7, 11) is 0. The molecular weight excluding hydrogens is 376 g/mol. The van der Waals surface area contributed by atoms with Gasteiger partial charge < -0.3 is 5.11 Å². The molecule has 2 aromatic rings. The van der Waals surface area contributed by atoms with Gasteiger partial charge in [-0.1, -0.05) is 36.6 Å². The van der Waals surface area contributed by atoms with Crippen molar-refractivity contribution in [1.82, 2.24) is 0 Å². The second-order valence-corrected chi connectivity index (χ2v) is 9.01. The molecule has 0 spiro atoms. The third kappa shape index (κ3) is 5.03. The van der Waals surface area contributed by atoms with Crippen LogP contribution in [-0.2, 0) is 4.79 Å². The fourth-order valence-electron chi connectivity index (χ4n) is 4.14. The minimum atomic E-state index is -0.623. The number of aliphatic carboxylic acids is 1. The summed E-state index contributed by atoms with van der Waals surface area (Å²) >= 11 is 7.93. The first-order chi connectivity index (χ1) is 13.0. The number of aryl methyl sites for hydroxylation is 2. The van der Waals surface area contributed by atoms with Gasteiger partial charge in [0.15, 0.2) is 0 Å². The smallest absolute Gasteiger partial charge is 0.306 e. The summed E-state index contributed by atoms with van der Waals surface area (Å²) in [4.78, 5) is 12.6. The van der Waals surface area contributed by atoms with Crippen LogP contribution in [0.5, 0.6) is 0 Å². The lowest BCUT2D eigenvalue weighted by Crippen LogP contribution is -2.22. The molecule has 1 unspecified atom stereocenters. The quantitative estimate of drug-likeness (QED) is 0.558. The third-order valence-electron chi connectivity index (χ3n) is 5.64. The van der Waals surface area contributed by atoms with Gasteiger partial charge in [-0.3, -0.25) is 4.79 Å². The Balaban J connectivity index is 1.79. The topological polar surface area (TPSA) is 37.3 Å². The number of carboxylic acid groups (broad SMARTS) is 1. The van der Waals surface area contributed by atoms with Crippen LogP contribution in [0.25, 0.3) is 5.57 Å². The lowest BCUT2D eigenvalue weighted by Gasteiger charge is -2.26. The number of rotatable bonds is 6. The lowest BCUT2D eigenvalue weighted by atomic mass is 9.79. The van der Waals surface area contributed by atoms with Gasteiger partial charge in [0.05, 0.1) is 5.92 Å². The maximum Gasteiger partial charge on any atom is 0.306 e. The molecule has 1 N–H and O–H groups in total. The summed E-state index contributed by atoms with van der Waals surface area (Å²) < 4.78 is 0. The van der Waals surface area contributed by atoms with Gasteiger partial charge >= 0.3 is 5.97 Å². The normalized spacial score (nSPS) is 20.6. The van der Waals surface area contributed by atoms with E-state index in [1.54, 1.807) is 11.3 Å². The summed E-state index contributed by atoms with van der Waals surface area (Å²) in [5, 5.41) is 12.2. The maximum atomic E-state index is 11.3. The Hall–Kier alpha value is -1.58. The predicted molar refractivity (Wildman–Crippen MR) is 115 cm³/mol. The Labute approximate surface area is 170 Å². The standard InChI is InChI=1S/C23H27ClO2S/c1-15-11-12-27-22(15)21(20-10-9-19(24)13-16(20)2)8-4-6-17-5-3-7-18(14-17)23(25)26/h8-13,17-18H,3-7,14H2,1-2H3,(H,25,26)/b21-8-/t17?,18-/m0/s1. The fraction of sp³-hybridized carbons (Fsp3) is 0.435. The predicted octanol–water partition coefficient (Wildman–Crippen LogP) is 7.12. The first-order valence-electron chi connectivity index (χ1n) is 9.69. The molecule has 1 aromatic heterocycles. The molecule has 4 heteroatoms. The highest BCUT2D eigenvalue weighted by Gasteiger charge is 2.26. The second kappa shape index (κ2) is 9.07. The van der Waals surface area contributed by atoms with Crippen molar-refractivity contribution in [3.63, 3.8) is 0 Å². The van der Waals surface area contributed by atoms with E-state index >= 15 is 0 Å². The monoisotopic (exact) mass is 402 g/mol. The van der Waals surface area contributed by atoms with Crippen LogP contribution >= 0.6 is 22.9 Å². The van der Waals surface area contributed by atoms with Crippen molar-refractivity contribution in [2.45, 2.75) is 52.4 Å². The Kier molecular flexibility index (Phi) is 6.78. The molecule has 27 heavy (non-hydrogen) atoms. The molecule has 0 bridgehead atoms. The van der Waals surface area contributed by atoms with Gasteiger partial charge in [-0.25, -0.2) is 0 Å². The molecule has 0 aliphatic heterocycles. The van der Waals surface area contributed by atoms with Gasteiger partial charge in [0, 0.05) is 9.90 Å². The number of allylic oxidation sites excluding steroid dienone is 1. The molecule has 1 fully saturated rings. The Morgan fingerprint density at radius 3 is 2.74 bits per heavy atom. The molecule has 0 saturated heterocycles. The molecule has 1 saturated carbocycles. The number of hydrogen-bond donors (Lipinski definition) is 1. The molecule has 0 radical (unpaired) electrons. The molecule has 0 amide bonds. The number of carboxylic acids is 1. The third-order valence-corrected chi connectivity index (χ3v) is 6.93. The largest absolute Gasteiger partial charge is 0.481 e. The number of benzene rings is 1. The van der Waals surface area contributed by atoms with E-state index < -0.39 is 5.97 Å². The van der Waals surface area contributed by atoms with E-state index in [1.807, 2.05) is 12.1 Å². The van der Waals surface area contributed by atoms with Crippen molar-refractivity contribution >= 4 is 34.5 Å². The average Bonchev–Trinajstić information content (AvgIpc) is 3.05. The Morgan fingerprint density at radius 1 is 1.26 bits per heavy atom. The van der Waals surface area contributed by atoms with Crippen molar-refractivity contribution in [2.75, 3.05) is 0 Å². The van der Waals surface area contributed by atoms with Crippen LogP contribution in [0.15, 0.2) is 35.7 Å². The lowest BCUT2D eigenvalue weighted by molar-refractivity contribution is -0.143. The van der Waals surface area contributed by atoms with Crippen molar-refractivity contribution < 1.29 is 9.90 Å². The SMILES string of the molecule is Cc1cc(Cl)ccc1/C(=C/CCC1CCC[C@H](C(=O)O)C1)c1sccc1C. The van der Waals surface area contributed by atoms with Crippen molar-refractivity contribution in [3.8, 4) is 0 Å². The summed E-state index contributed by atoms with van der Waals surface area (Å²) in [6, 6.07) is 8.26. The van der Waals surface area contributed by atoms with E-state index in [1.165, 1.54) is 27.1 Å². The molecule has 1 aliphatic rings. The van der Waals surface area contributed by atoms with E-state index in [2.05, 4.69) is 37.4 Å².